The quantitative estimate of drug-likeness (QED) is 0.645. The van der Waals surface area contributed by atoms with Gasteiger partial charge in [-0.25, -0.2) is 0 Å². The second kappa shape index (κ2) is 7.45. The van der Waals surface area contributed by atoms with Crippen molar-refractivity contribution in [2.45, 2.75) is 26.1 Å². The van der Waals surface area contributed by atoms with Crippen molar-refractivity contribution >= 4 is 5.91 Å². The van der Waals surface area contributed by atoms with Gasteiger partial charge in [-0.15, -0.1) is 0 Å². The van der Waals surface area contributed by atoms with Crippen LogP contribution in [0.4, 0.5) is 13.2 Å². The molecule has 0 saturated carbocycles. The summed E-state index contributed by atoms with van der Waals surface area (Å²) in [6, 6.07) is 0.308. The van der Waals surface area contributed by atoms with Gasteiger partial charge in [-0.3, -0.25) is 4.79 Å². The topological polar surface area (TPSA) is 50.4 Å². The zero-order valence-electron chi connectivity index (χ0n) is 9.36. The maximum atomic E-state index is 11.7. The Bertz CT molecular complexity index is 207. The van der Waals surface area contributed by atoms with Gasteiger partial charge in [0, 0.05) is 12.6 Å². The Morgan fingerprint density at radius 3 is 2.50 bits per heavy atom. The van der Waals surface area contributed by atoms with Crippen molar-refractivity contribution < 1.29 is 22.7 Å². The molecule has 0 saturated heterocycles. The molecule has 0 aromatic rings. The van der Waals surface area contributed by atoms with Gasteiger partial charge in [0.1, 0.15) is 13.2 Å². The Balaban J connectivity index is 3.38. The first kappa shape index (κ1) is 15.2. The summed E-state index contributed by atoms with van der Waals surface area (Å²) in [5.41, 5.74) is 0. The summed E-state index contributed by atoms with van der Waals surface area (Å²) in [7, 11) is 0. The molecule has 0 rings (SSSR count). The number of hydrogen-bond acceptors (Lipinski definition) is 3. The van der Waals surface area contributed by atoms with Gasteiger partial charge in [-0.05, 0) is 0 Å². The van der Waals surface area contributed by atoms with E-state index in [1.165, 1.54) is 0 Å². The van der Waals surface area contributed by atoms with Crippen LogP contribution < -0.4 is 10.6 Å². The number of alkyl halides is 3. The Morgan fingerprint density at radius 1 is 1.38 bits per heavy atom. The van der Waals surface area contributed by atoms with Crippen molar-refractivity contribution in [3.05, 3.63) is 0 Å². The van der Waals surface area contributed by atoms with Crippen LogP contribution >= 0.6 is 0 Å². The van der Waals surface area contributed by atoms with Crippen LogP contribution in [-0.4, -0.2) is 44.4 Å². The number of ether oxygens (including phenoxy) is 1. The third-order valence-corrected chi connectivity index (χ3v) is 1.52. The Hall–Kier alpha value is -0.820. The van der Waals surface area contributed by atoms with Crippen molar-refractivity contribution in [3.63, 3.8) is 0 Å². The molecule has 0 unspecified atom stereocenters. The van der Waals surface area contributed by atoms with E-state index in [-0.39, 0.29) is 13.2 Å². The van der Waals surface area contributed by atoms with Gasteiger partial charge in [-0.1, -0.05) is 13.8 Å². The van der Waals surface area contributed by atoms with Gasteiger partial charge in [0.25, 0.3) is 0 Å². The van der Waals surface area contributed by atoms with Gasteiger partial charge in [0.05, 0.1) is 6.61 Å². The van der Waals surface area contributed by atoms with Gasteiger partial charge < -0.3 is 15.4 Å². The molecule has 0 aliphatic rings. The molecule has 1 amide bonds. The van der Waals surface area contributed by atoms with Gasteiger partial charge in [0.2, 0.25) is 5.91 Å². The smallest absolute Gasteiger partial charge is 0.370 e. The maximum Gasteiger partial charge on any atom is 0.405 e. The summed E-state index contributed by atoms with van der Waals surface area (Å²) in [6.45, 7) is 3.09. The molecule has 0 aliphatic carbocycles. The highest BCUT2D eigenvalue weighted by atomic mass is 19.4. The zero-order chi connectivity index (χ0) is 12.6. The highest BCUT2D eigenvalue weighted by Crippen LogP contribution is 2.11. The maximum absolute atomic E-state index is 11.7. The van der Waals surface area contributed by atoms with E-state index < -0.39 is 18.6 Å². The third-order valence-electron chi connectivity index (χ3n) is 1.52. The van der Waals surface area contributed by atoms with Crippen molar-refractivity contribution in [1.29, 1.82) is 0 Å². The second-order valence-electron chi connectivity index (χ2n) is 3.55. The number of hydrogen-bond donors (Lipinski definition) is 2. The third kappa shape index (κ3) is 11.3. The lowest BCUT2D eigenvalue weighted by Gasteiger charge is -2.10. The normalized spacial score (nSPS) is 11.9. The predicted molar refractivity (Wildman–Crippen MR) is 53.0 cm³/mol. The first-order valence-corrected chi connectivity index (χ1v) is 4.96. The molecule has 0 aliphatic heterocycles. The molecular weight excluding hydrogens is 225 g/mol. The fourth-order valence-corrected chi connectivity index (χ4v) is 0.834. The number of amides is 1. The van der Waals surface area contributed by atoms with Crippen molar-refractivity contribution in [2.75, 3.05) is 26.3 Å². The summed E-state index contributed by atoms with van der Waals surface area (Å²) in [4.78, 5) is 10.8. The molecule has 4 nitrogen and oxygen atoms in total. The van der Waals surface area contributed by atoms with Crippen LogP contribution in [0.15, 0.2) is 0 Å². The van der Waals surface area contributed by atoms with Crippen LogP contribution in [-0.2, 0) is 9.53 Å². The van der Waals surface area contributed by atoms with Crippen molar-refractivity contribution in [3.8, 4) is 0 Å². The Labute approximate surface area is 92.5 Å². The van der Waals surface area contributed by atoms with E-state index in [0.717, 1.165) is 0 Å². The molecule has 0 fully saturated rings. The second-order valence-corrected chi connectivity index (χ2v) is 3.55. The lowest BCUT2D eigenvalue weighted by molar-refractivity contribution is -0.141. The molecular formula is C9H17F3N2O2. The number of halogens is 3. The molecule has 7 heteroatoms. The van der Waals surface area contributed by atoms with Gasteiger partial charge in [0.15, 0.2) is 0 Å². The summed E-state index contributed by atoms with van der Waals surface area (Å²) in [5.74, 6) is -0.762. The minimum atomic E-state index is -4.38. The zero-order valence-corrected chi connectivity index (χ0v) is 9.36. The molecule has 96 valence electrons. The summed E-state index contributed by atoms with van der Waals surface area (Å²) in [5, 5.41) is 4.75. The molecule has 0 aromatic carbocycles. The number of rotatable bonds is 7. The van der Waals surface area contributed by atoms with E-state index in [9.17, 15) is 18.0 Å². The molecule has 0 aromatic heterocycles. The molecule has 0 bridgehead atoms. The highest BCUT2D eigenvalue weighted by molar-refractivity contribution is 5.77. The Morgan fingerprint density at radius 2 is 2.00 bits per heavy atom. The van der Waals surface area contributed by atoms with Gasteiger partial charge >= 0.3 is 6.18 Å². The molecule has 0 spiro atoms. The number of nitrogens with one attached hydrogen (secondary N) is 2. The van der Waals surface area contributed by atoms with E-state index in [1.54, 1.807) is 5.32 Å². The van der Waals surface area contributed by atoms with Crippen LogP contribution in [0.5, 0.6) is 0 Å². The van der Waals surface area contributed by atoms with Crippen molar-refractivity contribution in [2.24, 2.45) is 0 Å². The minimum Gasteiger partial charge on any atom is -0.370 e. The summed E-state index contributed by atoms with van der Waals surface area (Å²) < 4.78 is 39.9. The summed E-state index contributed by atoms with van der Waals surface area (Å²) in [6.07, 6.45) is -4.38. The molecule has 2 N–H and O–H groups in total. The Kier molecular flexibility index (Phi) is 7.07. The first-order chi connectivity index (χ1) is 7.31. The monoisotopic (exact) mass is 242 g/mol. The highest BCUT2D eigenvalue weighted by Gasteiger charge is 2.27. The lowest BCUT2D eigenvalue weighted by Crippen LogP contribution is -2.36. The van der Waals surface area contributed by atoms with E-state index in [1.807, 2.05) is 13.8 Å². The van der Waals surface area contributed by atoms with E-state index in [2.05, 4.69) is 5.32 Å². The van der Waals surface area contributed by atoms with Gasteiger partial charge in [-0.2, -0.15) is 13.2 Å². The lowest BCUT2D eigenvalue weighted by atomic mass is 10.4. The van der Waals surface area contributed by atoms with Crippen LogP contribution in [0.25, 0.3) is 0 Å². The van der Waals surface area contributed by atoms with Crippen LogP contribution in [0.1, 0.15) is 13.8 Å². The van der Waals surface area contributed by atoms with E-state index in [0.29, 0.717) is 12.6 Å². The molecule has 0 atom stereocenters. The average molecular weight is 242 g/mol. The minimum absolute atomic E-state index is 0.289. The summed E-state index contributed by atoms with van der Waals surface area (Å²) >= 11 is 0. The largest absolute Gasteiger partial charge is 0.405 e. The standard InChI is InChI=1S/C9H17F3N2O2/c1-7(2)13-3-4-16-5-8(15)14-6-9(10,11)12/h7,13H,3-6H2,1-2H3,(H,14,15). The molecule has 16 heavy (non-hydrogen) atoms. The SMILES string of the molecule is CC(C)NCCOCC(=O)NCC(F)(F)F. The van der Waals surface area contributed by atoms with Crippen LogP contribution in [0.2, 0.25) is 0 Å². The van der Waals surface area contributed by atoms with Crippen LogP contribution in [0, 0.1) is 0 Å². The fourth-order valence-electron chi connectivity index (χ4n) is 0.834. The first-order valence-electron chi connectivity index (χ1n) is 4.96. The van der Waals surface area contributed by atoms with Crippen LogP contribution in [0.3, 0.4) is 0 Å². The van der Waals surface area contributed by atoms with E-state index >= 15 is 0 Å². The molecule has 0 radical (unpaired) electrons. The number of carbonyl (C=O) groups is 1. The van der Waals surface area contributed by atoms with E-state index in [4.69, 9.17) is 4.74 Å². The fraction of sp³-hybridized carbons (Fsp3) is 0.889. The van der Waals surface area contributed by atoms with Crippen molar-refractivity contribution in [1.82, 2.24) is 10.6 Å². The average Bonchev–Trinajstić information content (AvgIpc) is 2.12. The predicted octanol–water partition coefficient (Wildman–Crippen LogP) is 0.679. The molecule has 0 heterocycles. The number of carbonyl (C=O) groups excluding carboxylic acids is 1.